The van der Waals surface area contributed by atoms with Gasteiger partial charge in [-0.15, -0.1) is 10.2 Å². The smallest absolute Gasteiger partial charge is 0.272 e. The second kappa shape index (κ2) is 6.56. The number of nitrogens with zero attached hydrogens (tertiary/aromatic N) is 2. The van der Waals surface area contributed by atoms with E-state index in [2.05, 4.69) is 20.8 Å². The van der Waals surface area contributed by atoms with E-state index in [0.29, 0.717) is 11.5 Å². The number of hydrogen-bond acceptors (Lipinski definition) is 4. The number of carbonyl (C=O) groups excluding carboxylic acids is 1. The first kappa shape index (κ1) is 15.9. The second-order valence-corrected chi connectivity index (χ2v) is 6.28. The molecule has 22 heavy (non-hydrogen) atoms. The van der Waals surface area contributed by atoms with Gasteiger partial charge in [0.15, 0.2) is 5.69 Å². The molecule has 2 N–H and O–H groups in total. The van der Waals surface area contributed by atoms with E-state index in [4.69, 9.17) is 0 Å². The first-order valence-corrected chi connectivity index (χ1v) is 7.33. The standard InChI is InChI=1S/C17H22N4O/c1-12(13-8-6-5-7-9-13)18-16(22)14-10-11-15(21-20-14)19-17(2,3)4/h5-12H,1-4H3,(H,18,22)(H,19,21). The lowest BCUT2D eigenvalue weighted by Crippen LogP contribution is -2.29. The molecule has 1 amide bonds. The number of amides is 1. The number of aromatic nitrogens is 2. The van der Waals surface area contributed by atoms with Crippen LogP contribution in [0.15, 0.2) is 42.5 Å². The number of hydrogen-bond donors (Lipinski definition) is 2. The van der Waals surface area contributed by atoms with Gasteiger partial charge < -0.3 is 10.6 Å². The number of rotatable bonds is 4. The number of benzene rings is 1. The van der Waals surface area contributed by atoms with Gasteiger partial charge in [0.2, 0.25) is 0 Å². The Morgan fingerprint density at radius 1 is 1.05 bits per heavy atom. The molecule has 0 aliphatic rings. The Morgan fingerprint density at radius 3 is 2.27 bits per heavy atom. The molecule has 0 spiro atoms. The maximum Gasteiger partial charge on any atom is 0.272 e. The van der Waals surface area contributed by atoms with Gasteiger partial charge >= 0.3 is 0 Å². The Kier molecular flexibility index (Phi) is 4.75. The van der Waals surface area contributed by atoms with E-state index in [0.717, 1.165) is 5.56 Å². The second-order valence-electron chi connectivity index (χ2n) is 6.28. The number of carbonyl (C=O) groups is 1. The molecule has 5 heteroatoms. The molecule has 0 radical (unpaired) electrons. The van der Waals surface area contributed by atoms with Gasteiger partial charge in [-0.05, 0) is 45.4 Å². The summed E-state index contributed by atoms with van der Waals surface area (Å²) in [5.74, 6) is 0.423. The largest absolute Gasteiger partial charge is 0.364 e. The fourth-order valence-corrected chi connectivity index (χ4v) is 2.00. The monoisotopic (exact) mass is 298 g/mol. The zero-order valence-electron chi connectivity index (χ0n) is 13.4. The van der Waals surface area contributed by atoms with Gasteiger partial charge in [0, 0.05) is 5.54 Å². The van der Waals surface area contributed by atoms with Crippen molar-refractivity contribution < 1.29 is 4.79 Å². The molecular formula is C17H22N4O. The minimum Gasteiger partial charge on any atom is -0.364 e. The molecule has 0 saturated carbocycles. The summed E-state index contributed by atoms with van der Waals surface area (Å²) in [5, 5.41) is 14.2. The quantitative estimate of drug-likeness (QED) is 0.909. The summed E-state index contributed by atoms with van der Waals surface area (Å²) in [4.78, 5) is 12.2. The molecule has 1 atom stereocenters. The van der Waals surface area contributed by atoms with Gasteiger partial charge in [0.05, 0.1) is 6.04 Å². The van der Waals surface area contributed by atoms with E-state index >= 15 is 0 Å². The molecule has 1 heterocycles. The Bertz CT molecular complexity index is 617. The topological polar surface area (TPSA) is 66.9 Å². The van der Waals surface area contributed by atoms with Crippen LogP contribution in [0.4, 0.5) is 5.82 Å². The van der Waals surface area contributed by atoms with Crippen molar-refractivity contribution in [1.82, 2.24) is 15.5 Å². The van der Waals surface area contributed by atoms with Crippen LogP contribution in [0.5, 0.6) is 0 Å². The summed E-state index contributed by atoms with van der Waals surface area (Å²) in [6, 6.07) is 13.2. The van der Waals surface area contributed by atoms with Crippen LogP contribution in [0.25, 0.3) is 0 Å². The molecule has 5 nitrogen and oxygen atoms in total. The van der Waals surface area contributed by atoms with Crippen LogP contribution in [-0.4, -0.2) is 21.6 Å². The van der Waals surface area contributed by atoms with Gasteiger partial charge in [-0.2, -0.15) is 0 Å². The summed E-state index contributed by atoms with van der Waals surface area (Å²) in [7, 11) is 0. The fraction of sp³-hybridized carbons (Fsp3) is 0.353. The van der Waals surface area contributed by atoms with Gasteiger partial charge in [-0.1, -0.05) is 30.3 Å². The highest BCUT2D eigenvalue weighted by molar-refractivity contribution is 5.92. The molecule has 1 unspecified atom stereocenters. The summed E-state index contributed by atoms with van der Waals surface area (Å²) in [6.45, 7) is 8.06. The van der Waals surface area contributed by atoms with Crippen LogP contribution in [0.1, 0.15) is 49.8 Å². The van der Waals surface area contributed by atoms with Gasteiger partial charge in [0.25, 0.3) is 5.91 Å². The van der Waals surface area contributed by atoms with Crippen LogP contribution >= 0.6 is 0 Å². The zero-order valence-corrected chi connectivity index (χ0v) is 13.4. The van der Waals surface area contributed by atoms with Crippen molar-refractivity contribution in [3.05, 3.63) is 53.7 Å². The molecule has 1 aromatic carbocycles. The van der Waals surface area contributed by atoms with Crippen molar-refractivity contribution in [2.45, 2.75) is 39.3 Å². The highest BCUT2D eigenvalue weighted by Gasteiger charge is 2.14. The summed E-state index contributed by atoms with van der Waals surface area (Å²) < 4.78 is 0. The third-order valence-electron chi connectivity index (χ3n) is 3.05. The average Bonchev–Trinajstić information content (AvgIpc) is 2.47. The maximum atomic E-state index is 12.2. The van der Waals surface area contributed by atoms with Crippen LogP contribution in [0.3, 0.4) is 0 Å². The molecule has 0 aliphatic carbocycles. The van der Waals surface area contributed by atoms with Crippen LogP contribution < -0.4 is 10.6 Å². The van der Waals surface area contributed by atoms with E-state index in [9.17, 15) is 4.79 Å². The van der Waals surface area contributed by atoms with Gasteiger partial charge in [-0.3, -0.25) is 4.79 Å². The predicted molar refractivity (Wildman–Crippen MR) is 87.7 cm³/mol. The minimum atomic E-state index is -0.230. The molecule has 0 saturated heterocycles. The van der Waals surface area contributed by atoms with Gasteiger partial charge in [-0.25, -0.2) is 0 Å². The predicted octanol–water partition coefficient (Wildman–Crippen LogP) is 3.18. The van der Waals surface area contributed by atoms with Crippen molar-refractivity contribution in [3.8, 4) is 0 Å². The van der Waals surface area contributed by atoms with Crippen molar-refractivity contribution >= 4 is 11.7 Å². The molecule has 116 valence electrons. The first-order chi connectivity index (χ1) is 10.3. The molecule has 0 bridgehead atoms. The number of anilines is 1. The van der Waals surface area contributed by atoms with Gasteiger partial charge in [0.1, 0.15) is 5.82 Å². The third kappa shape index (κ3) is 4.55. The molecule has 1 aromatic heterocycles. The van der Waals surface area contributed by atoms with Crippen LogP contribution in [0, 0.1) is 0 Å². The molecule has 2 rings (SSSR count). The minimum absolute atomic E-state index is 0.0807. The number of nitrogens with one attached hydrogen (secondary N) is 2. The maximum absolute atomic E-state index is 12.2. The molecular weight excluding hydrogens is 276 g/mol. The summed E-state index contributed by atoms with van der Waals surface area (Å²) >= 11 is 0. The summed E-state index contributed by atoms with van der Waals surface area (Å²) in [5.41, 5.74) is 1.26. The molecule has 0 aliphatic heterocycles. The van der Waals surface area contributed by atoms with Crippen molar-refractivity contribution in [2.75, 3.05) is 5.32 Å². The Morgan fingerprint density at radius 2 is 1.73 bits per heavy atom. The fourth-order valence-electron chi connectivity index (χ4n) is 2.00. The van der Waals surface area contributed by atoms with E-state index in [-0.39, 0.29) is 17.5 Å². The Balaban J connectivity index is 2.01. The molecule has 0 fully saturated rings. The van der Waals surface area contributed by atoms with E-state index < -0.39 is 0 Å². The Hall–Kier alpha value is -2.43. The lowest BCUT2D eigenvalue weighted by atomic mass is 10.1. The van der Waals surface area contributed by atoms with Crippen LogP contribution in [-0.2, 0) is 0 Å². The van der Waals surface area contributed by atoms with Crippen LogP contribution in [0.2, 0.25) is 0 Å². The highest BCUT2D eigenvalue weighted by Crippen LogP contribution is 2.13. The highest BCUT2D eigenvalue weighted by atomic mass is 16.2. The normalized spacial score (nSPS) is 12.5. The lowest BCUT2D eigenvalue weighted by Gasteiger charge is -2.20. The third-order valence-corrected chi connectivity index (χ3v) is 3.05. The van der Waals surface area contributed by atoms with Crippen molar-refractivity contribution in [3.63, 3.8) is 0 Å². The first-order valence-electron chi connectivity index (χ1n) is 7.33. The average molecular weight is 298 g/mol. The van der Waals surface area contributed by atoms with E-state index in [1.165, 1.54) is 0 Å². The Labute approximate surface area is 131 Å². The summed E-state index contributed by atoms with van der Waals surface area (Å²) in [6.07, 6.45) is 0. The zero-order chi connectivity index (χ0) is 16.2. The lowest BCUT2D eigenvalue weighted by molar-refractivity contribution is 0.0934. The SMILES string of the molecule is CC(NC(=O)c1ccc(NC(C)(C)C)nn1)c1ccccc1. The molecule has 2 aromatic rings. The van der Waals surface area contributed by atoms with Crippen molar-refractivity contribution in [1.29, 1.82) is 0 Å². The van der Waals surface area contributed by atoms with Crippen molar-refractivity contribution in [2.24, 2.45) is 0 Å². The van der Waals surface area contributed by atoms with E-state index in [1.807, 2.05) is 58.0 Å². The van der Waals surface area contributed by atoms with E-state index in [1.54, 1.807) is 12.1 Å².